The third kappa shape index (κ3) is 3.95. The maximum atomic E-state index is 12.5. The van der Waals surface area contributed by atoms with Crippen LogP contribution in [0.4, 0.5) is 0 Å². The lowest BCUT2D eigenvalue weighted by Gasteiger charge is -2.09. The summed E-state index contributed by atoms with van der Waals surface area (Å²) >= 11 is 0. The van der Waals surface area contributed by atoms with Crippen LogP contribution in [0.25, 0.3) is 5.69 Å². The number of nitrogens with zero attached hydrogens (tertiary/aromatic N) is 3. The molecule has 3 rings (SSSR count). The first-order valence-electron chi connectivity index (χ1n) is 8.33. The number of para-hydroxylation sites is 1. The predicted octanol–water partition coefficient (Wildman–Crippen LogP) is 1.11. The summed E-state index contributed by atoms with van der Waals surface area (Å²) in [6, 6.07) is 14.1. The largest absolute Gasteiger partial charge is 0.306 e. The Bertz CT molecular complexity index is 1040. The number of hydrogen-bond acceptors (Lipinski definition) is 4. The summed E-state index contributed by atoms with van der Waals surface area (Å²) < 4.78 is 2.92. The van der Waals surface area contributed by atoms with Gasteiger partial charge in [0.2, 0.25) is 0 Å². The van der Waals surface area contributed by atoms with E-state index in [9.17, 15) is 14.4 Å². The van der Waals surface area contributed by atoms with Gasteiger partial charge in [-0.15, -0.1) is 0 Å². The Morgan fingerprint density at radius 2 is 1.70 bits per heavy atom. The molecule has 0 aliphatic heterocycles. The van der Waals surface area contributed by atoms with Crippen LogP contribution in [0.5, 0.6) is 0 Å². The number of aryl methyl sites for hydroxylation is 1. The predicted molar refractivity (Wildman–Crippen MR) is 99.3 cm³/mol. The number of aromatic nitrogens is 3. The molecular formula is C19H19N5O3. The molecule has 0 bridgehead atoms. The Labute approximate surface area is 155 Å². The Kier molecular flexibility index (Phi) is 5.16. The van der Waals surface area contributed by atoms with Crippen LogP contribution in [-0.4, -0.2) is 26.2 Å². The summed E-state index contributed by atoms with van der Waals surface area (Å²) in [4.78, 5) is 36.1. The molecule has 0 saturated carbocycles. The molecule has 0 radical (unpaired) electrons. The van der Waals surface area contributed by atoms with E-state index in [1.54, 1.807) is 30.7 Å². The molecule has 0 aliphatic carbocycles. The lowest BCUT2D eigenvalue weighted by Crippen LogP contribution is -2.44. The van der Waals surface area contributed by atoms with Gasteiger partial charge in [-0.3, -0.25) is 25.2 Å². The second kappa shape index (κ2) is 7.69. The first-order chi connectivity index (χ1) is 13.0. The fourth-order valence-corrected chi connectivity index (χ4v) is 2.77. The van der Waals surface area contributed by atoms with Crippen LogP contribution in [0.3, 0.4) is 0 Å². The molecule has 138 valence electrons. The first-order valence-corrected chi connectivity index (χ1v) is 8.33. The van der Waals surface area contributed by atoms with E-state index in [0.29, 0.717) is 17.0 Å². The number of pyridine rings is 1. The van der Waals surface area contributed by atoms with Gasteiger partial charge in [-0.2, -0.15) is 5.10 Å². The van der Waals surface area contributed by atoms with E-state index in [4.69, 9.17) is 0 Å². The molecule has 0 fully saturated rings. The summed E-state index contributed by atoms with van der Waals surface area (Å²) in [5.74, 6) is -0.983. The van der Waals surface area contributed by atoms with Gasteiger partial charge in [-0.25, -0.2) is 4.68 Å². The lowest BCUT2D eigenvalue weighted by molar-refractivity contribution is -0.122. The normalized spacial score (nSPS) is 10.4. The smallest absolute Gasteiger partial charge is 0.273 e. The van der Waals surface area contributed by atoms with Crippen molar-refractivity contribution in [1.82, 2.24) is 25.2 Å². The van der Waals surface area contributed by atoms with Crippen molar-refractivity contribution < 1.29 is 9.59 Å². The minimum Gasteiger partial charge on any atom is -0.306 e. The number of hydrazine groups is 1. The average Bonchev–Trinajstić information content (AvgIpc) is 2.97. The van der Waals surface area contributed by atoms with Gasteiger partial charge in [0.15, 0.2) is 0 Å². The first kappa shape index (κ1) is 18.1. The molecule has 8 nitrogen and oxygen atoms in total. The topological polar surface area (TPSA) is 98.0 Å². The summed E-state index contributed by atoms with van der Waals surface area (Å²) in [5.41, 5.74) is 6.83. The van der Waals surface area contributed by atoms with Crippen LogP contribution >= 0.6 is 0 Å². The van der Waals surface area contributed by atoms with Crippen LogP contribution in [0, 0.1) is 13.8 Å². The van der Waals surface area contributed by atoms with Crippen molar-refractivity contribution in [1.29, 1.82) is 0 Å². The Hall–Kier alpha value is -3.68. The van der Waals surface area contributed by atoms with Crippen molar-refractivity contribution in [3.63, 3.8) is 0 Å². The van der Waals surface area contributed by atoms with Gasteiger partial charge < -0.3 is 4.57 Å². The third-order valence-electron chi connectivity index (χ3n) is 4.05. The van der Waals surface area contributed by atoms with Crippen LogP contribution in [0.15, 0.2) is 59.5 Å². The van der Waals surface area contributed by atoms with Gasteiger partial charge in [0.1, 0.15) is 6.54 Å². The van der Waals surface area contributed by atoms with Crippen molar-refractivity contribution in [3.8, 4) is 5.69 Å². The Morgan fingerprint density at radius 3 is 2.41 bits per heavy atom. The molecule has 1 aromatic carbocycles. The molecule has 0 aliphatic rings. The fraction of sp³-hybridized carbons (Fsp3) is 0.158. The van der Waals surface area contributed by atoms with Gasteiger partial charge >= 0.3 is 0 Å². The van der Waals surface area contributed by atoms with E-state index in [1.807, 2.05) is 30.3 Å². The summed E-state index contributed by atoms with van der Waals surface area (Å²) in [7, 11) is 0. The highest BCUT2D eigenvalue weighted by Crippen LogP contribution is 2.17. The number of rotatable bonds is 4. The number of nitrogens with one attached hydrogen (secondary N) is 2. The molecule has 0 atom stereocenters. The van der Waals surface area contributed by atoms with Crippen molar-refractivity contribution in [3.05, 3.63) is 82.0 Å². The van der Waals surface area contributed by atoms with Crippen LogP contribution in [0.1, 0.15) is 21.7 Å². The van der Waals surface area contributed by atoms with Crippen LogP contribution in [0.2, 0.25) is 0 Å². The molecule has 0 saturated heterocycles. The summed E-state index contributed by atoms with van der Waals surface area (Å²) in [5, 5.41) is 4.41. The van der Waals surface area contributed by atoms with Crippen molar-refractivity contribution in [2.45, 2.75) is 20.4 Å². The van der Waals surface area contributed by atoms with E-state index >= 15 is 0 Å². The third-order valence-corrected chi connectivity index (χ3v) is 4.05. The molecule has 2 amide bonds. The standard InChI is InChI=1S/C19H19N5O3/c1-13-18(14(2)24(22-13)15-8-4-3-5-9-15)19(27)21-20-16(25)12-23-11-7-6-10-17(23)26/h3-11H,12H2,1-2H3,(H,20,25)(H,21,27). The number of hydrogen-bond donors (Lipinski definition) is 2. The van der Waals surface area contributed by atoms with E-state index < -0.39 is 11.8 Å². The Morgan fingerprint density at radius 1 is 1.00 bits per heavy atom. The van der Waals surface area contributed by atoms with Crippen molar-refractivity contribution >= 4 is 11.8 Å². The second-order valence-corrected chi connectivity index (χ2v) is 5.96. The molecule has 2 heterocycles. The fourth-order valence-electron chi connectivity index (χ4n) is 2.77. The van der Waals surface area contributed by atoms with Gasteiger partial charge in [0, 0.05) is 12.3 Å². The van der Waals surface area contributed by atoms with E-state index in [1.165, 1.54) is 16.8 Å². The molecule has 2 aromatic heterocycles. The van der Waals surface area contributed by atoms with E-state index in [0.717, 1.165) is 5.69 Å². The number of carbonyl (C=O) groups excluding carboxylic acids is 2. The second-order valence-electron chi connectivity index (χ2n) is 5.96. The monoisotopic (exact) mass is 365 g/mol. The van der Waals surface area contributed by atoms with Gasteiger partial charge in [-0.05, 0) is 32.0 Å². The SMILES string of the molecule is Cc1nn(-c2ccccc2)c(C)c1C(=O)NNC(=O)Cn1ccccc1=O. The number of benzene rings is 1. The highest BCUT2D eigenvalue weighted by molar-refractivity contribution is 5.97. The summed E-state index contributed by atoms with van der Waals surface area (Å²) in [6.45, 7) is 3.32. The lowest BCUT2D eigenvalue weighted by atomic mass is 10.2. The quantitative estimate of drug-likeness (QED) is 0.677. The maximum absolute atomic E-state index is 12.5. The molecule has 0 spiro atoms. The van der Waals surface area contributed by atoms with Gasteiger partial charge in [0.25, 0.3) is 17.4 Å². The van der Waals surface area contributed by atoms with E-state index in [2.05, 4.69) is 16.0 Å². The molecule has 8 heteroatoms. The highest BCUT2D eigenvalue weighted by Gasteiger charge is 2.19. The summed E-state index contributed by atoms with van der Waals surface area (Å²) in [6.07, 6.45) is 1.50. The zero-order valence-electron chi connectivity index (χ0n) is 15.0. The molecule has 2 N–H and O–H groups in total. The maximum Gasteiger partial charge on any atom is 0.273 e. The van der Waals surface area contributed by atoms with Gasteiger partial charge in [-0.1, -0.05) is 24.3 Å². The Balaban J connectivity index is 1.70. The minimum absolute atomic E-state index is 0.193. The van der Waals surface area contributed by atoms with Crippen molar-refractivity contribution in [2.24, 2.45) is 0 Å². The number of amides is 2. The van der Waals surface area contributed by atoms with Crippen molar-refractivity contribution in [2.75, 3.05) is 0 Å². The molecular weight excluding hydrogens is 346 g/mol. The van der Waals surface area contributed by atoms with E-state index in [-0.39, 0.29) is 12.1 Å². The van der Waals surface area contributed by atoms with Gasteiger partial charge in [0.05, 0.1) is 22.6 Å². The molecule has 27 heavy (non-hydrogen) atoms. The number of carbonyl (C=O) groups is 2. The molecule has 3 aromatic rings. The highest BCUT2D eigenvalue weighted by atomic mass is 16.2. The van der Waals surface area contributed by atoms with Crippen LogP contribution in [-0.2, 0) is 11.3 Å². The zero-order valence-corrected chi connectivity index (χ0v) is 15.0. The molecule has 0 unspecified atom stereocenters. The minimum atomic E-state index is -0.512. The van der Waals surface area contributed by atoms with Crippen LogP contribution < -0.4 is 16.4 Å². The zero-order chi connectivity index (χ0) is 19.4. The average molecular weight is 365 g/mol.